The topological polar surface area (TPSA) is 92.4 Å². The third-order valence-electron chi connectivity index (χ3n) is 2.69. The van der Waals surface area contributed by atoms with E-state index in [9.17, 15) is 9.59 Å². The zero-order chi connectivity index (χ0) is 19.2. The van der Waals surface area contributed by atoms with Crippen LogP contribution in [0.5, 0.6) is 0 Å². The summed E-state index contributed by atoms with van der Waals surface area (Å²) in [6, 6.07) is 15.4. The van der Waals surface area contributed by atoms with E-state index in [1.165, 1.54) is 11.6 Å². The van der Waals surface area contributed by atoms with Gasteiger partial charge >= 0.3 is 5.97 Å². The summed E-state index contributed by atoms with van der Waals surface area (Å²) in [6.07, 6.45) is 2.09. The smallest absolute Gasteiger partial charge is 0.327 e. The maximum absolute atomic E-state index is 10.9. The summed E-state index contributed by atoms with van der Waals surface area (Å²) in [5.74, 6) is -1.16. The SMILES string of the molecule is C.C=CC(=O)Nc1cccc(C)c1.C=CC(=O)O.Cc1cccc(N)c1. The van der Waals surface area contributed by atoms with Crippen molar-refractivity contribution < 1.29 is 14.7 Å². The van der Waals surface area contributed by atoms with Crippen LogP contribution in [-0.2, 0) is 9.59 Å². The maximum Gasteiger partial charge on any atom is 0.327 e. The second-order valence-electron chi connectivity index (χ2n) is 5.02. The van der Waals surface area contributed by atoms with Crippen LogP contribution in [0.1, 0.15) is 18.6 Å². The van der Waals surface area contributed by atoms with Crippen molar-refractivity contribution in [1.82, 2.24) is 0 Å². The van der Waals surface area contributed by atoms with Gasteiger partial charge in [-0.2, -0.15) is 0 Å². The lowest BCUT2D eigenvalue weighted by Crippen LogP contribution is -2.06. The van der Waals surface area contributed by atoms with Gasteiger partial charge in [0.05, 0.1) is 0 Å². The average Bonchev–Trinajstić information content (AvgIpc) is 2.55. The van der Waals surface area contributed by atoms with Crippen molar-refractivity contribution >= 4 is 23.3 Å². The van der Waals surface area contributed by atoms with Gasteiger partial charge in [0, 0.05) is 17.5 Å². The van der Waals surface area contributed by atoms with Crippen LogP contribution >= 0.6 is 0 Å². The molecule has 0 fully saturated rings. The zero-order valence-electron chi connectivity index (χ0n) is 14.5. The van der Waals surface area contributed by atoms with Crippen LogP contribution in [0.4, 0.5) is 11.4 Å². The molecule has 0 heterocycles. The van der Waals surface area contributed by atoms with E-state index in [4.69, 9.17) is 10.8 Å². The van der Waals surface area contributed by atoms with Crippen LogP contribution in [0.2, 0.25) is 0 Å². The molecule has 0 bridgehead atoms. The Kier molecular flexibility index (Phi) is 13.5. The number of rotatable bonds is 3. The number of aryl methyl sites for hydroxylation is 2. The molecule has 4 N–H and O–H groups in total. The molecule has 2 aromatic rings. The number of carboxylic acid groups (broad SMARTS) is 1. The number of carbonyl (C=O) groups is 2. The minimum Gasteiger partial charge on any atom is -0.478 e. The summed E-state index contributed by atoms with van der Waals surface area (Å²) in [5.41, 5.74) is 9.44. The first kappa shape index (κ1) is 24.9. The third kappa shape index (κ3) is 13.1. The Labute approximate surface area is 155 Å². The molecule has 5 heteroatoms. The lowest BCUT2D eigenvalue weighted by atomic mass is 10.2. The van der Waals surface area contributed by atoms with Gasteiger partial charge in [0.2, 0.25) is 5.91 Å². The zero-order valence-corrected chi connectivity index (χ0v) is 14.5. The van der Waals surface area contributed by atoms with Crippen LogP contribution in [0, 0.1) is 13.8 Å². The van der Waals surface area contributed by atoms with Gasteiger partial charge in [-0.25, -0.2) is 4.79 Å². The van der Waals surface area contributed by atoms with E-state index >= 15 is 0 Å². The van der Waals surface area contributed by atoms with E-state index in [-0.39, 0.29) is 13.3 Å². The monoisotopic (exact) mass is 356 g/mol. The Morgan fingerprint density at radius 3 is 1.85 bits per heavy atom. The Hall–Kier alpha value is -3.34. The summed E-state index contributed by atoms with van der Waals surface area (Å²) in [4.78, 5) is 20.1. The number of carbonyl (C=O) groups excluding carboxylic acids is 1. The van der Waals surface area contributed by atoms with E-state index < -0.39 is 5.97 Å². The standard InChI is InChI=1S/C10H11NO.C7H9N.C3H4O2.CH4/c1-3-10(12)11-9-6-4-5-8(2)7-9;1-6-3-2-4-7(8)5-6;1-2-3(4)5;/h3-7H,1H2,2H3,(H,11,12);2-5H,8H2,1H3;2H,1H2,(H,4,5);1H4. The number of amides is 1. The molecule has 0 radical (unpaired) electrons. The molecule has 0 spiro atoms. The first-order chi connectivity index (χ1) is 11.8. The summed E-state index contributed by atoms with van der Waals surface area (Å²) >= 11 is 0. The van der Waals surface area contributed by atoms with E-state index in [0.29, 0.717) is 0 Å². The highest BCUT2D eigenvalue weighted by atomic mass is 16.4. The Balaban J connectivity index is 0. The van der Waals surface area contributed by atoms with Gasteiger partial charge in [-0.05, 0) is 55.3 Å². The highest BCUT2D eigenvalue weighted by Crippen LogP contribution is 2.08. The number of anilines is 2. The molecule has 0 atom stereocenters. The number of carboxylic acids is 1. The minimum absolute atomic E-state index is 0. The van der Waals surface area contributed by atoms with Gasteiger partial charge in [0.15, 0.2) is 0 Å². The van der Waals surface area contributed by atoms with Crippen molar-refractivity contribution in [3.05, 3.63) is 85.0 Å². The lowest BCUT2D eigenvalue weighted by Gasteiger charge is -2.01. The van der Waals surface area contributed by atoms with Crippen molar-refractivity contribution in [2.24, 2.45) is 0 Å². The first-order valence-corrected chi connectivity index (χ1v) is 7.46. The van der Waals surface area contributed by atoms with E-state index in [0.717, 1.165) is 23.0 Å². The number of aliphatic carboxylic acids is 1. The van der Waals surface area contributed by atoms with Crippen LogP contribution in [0.15, 0.2) is 73.8 Å². The van der Waals surface area contributed by atoms with Crippen molar-refractivity contribution in [1.29, 1.82) is 0 Å². The predicted molar refractivity (Wildman–Crippen MR) is 110 cm³/mol. The first-order valence-electron chi connectivity index (χ1n) is 7.46. The molecule has 0 aliphatic heterocycles. The van der Waals surface area contributed by atoms with Crippen LogP contribution < -0.4 is 11.1 Å². The molecular weight excluding hydrogens is 328 g/mol. The molecule has 140 valence electrons. The molecule has 0 aromatic heterocycles. The summed E-state index contributed by atoms with van der Waals surface area (Å²) in [6.45, 7) is 10.3. The van der Waals surface area contributed by atoms with Crippen LogP contribution in [0.25, 0.3) is 0 Å². The number of benzene rings is 2. The molecule has 0 saturated carbocycles. The van der Waals surface area contributed by atoms with Gasteiger partial charge in [-0.15, -0.1) is 0 Å². The fourth-order valence-corrected chi connectivity index (χ4v) is 1.59. The predicted octanol–water partition coefficient (Wildman–Crippen LogP) is 4.59. The maximum atomic E-state index is 10.9. The Bertz CT molecular complexity index is 707. The average molecular weight is 356 g/mol. The molecule has 2 rings (SSSR count). The highest BCUT2D eigenvalue weighted by molar-refractivity contribution is 5.98. The minimum atomic E-state index is -0.981. The van der Waals surface area contributed by atoms with Crippen LogP contribution in [-0.4, -0.2) is 17.0 Å². The van der Waals surface area contributed by atoms with Crippen molar-refractivity contribution in [3.8, 4) is 0 Å². The number of hydrogen-bond acceptors (Lipinski definition) is 3. The second-order valence-corrected chi connectivity index (χ2v) is 5.02. The molecule has 0 aliphatic carbocycles. The van der Waals surface area contributed by atoms with E-state index in [2.05, 4.69) is 18.5 Å². The molecule has 26 heavy (non-hydrogen) atoms. The number of nitrogens with one attached hydrogen (secondary N) is 1. The van der Waals surface area contributed by atoms with Gasteiger partial charge in [0.25, 0.3) is 0 Å². The second kappa shape index (κ2) is 14.0. The van der Waals surface area contributed by atoms with Crippen molar-refractivity contribution in [2.45, 2.75) is 21.3 Å². The number of hydrogen-bond donors (Lipinski definition) is 3. The molecule has 0 saturated heterocycles. The van der Waals surface area contributed by atoms with Gasteiger partial charge in [0.1, 0.15) is 0 Å². The van der Waals surface area contributed by atoms with Gasteiger partial charge in [-0.3, -0.25) is 4.79 Å². The lowest BCUT2D eigenvalue weighted by molar-refractivity contribution is -0.131. The Morgan fingerprint density at radius 2 is 1.50 bits per heavy atom. The molecule has 1 amide bonds. The Morgan fingerprint density at radius 1 is 1.00 bits per heavy atom. The third-order valence-corrected chi connectivity index (χ3v) is 2.69. The summed E-state index contributed by atoms with van der Waals surface area (Å²) in [5, 5.41) is 10.3. The van der Waals surface area contributed by atoms with Gasteiger partial charge in [-0.1, -0.05) is 44.8 Å². The molecular formula is C21H28N2O3. The fraction of sp³-hybridized carbons (Fsp3) is 0.143. The number of nitrogen functional groups attached to an aromatic ring is 1. The van der Waals surface area contributed by atoms with Crippen molar-refractivity contribution in [3.63, 3.8) is 0 Å². The normalized spacial score (nSPS) is 8.23. The van der Waals surface area contributed by atoms with E-state index in [1.807, 2.05) is 62.4 Å². The van der Waals surface area contributed by atoms with E-state index in [1.54, 1.807) is 0 Å². The molecule has 0 aliphatic rings. The van der Waals surface area contributed by atoms with Crippen LogP contribution in [0.3, 0.4) is 0 Å². The molecule has 5 nitrogen and oxygen atoms in total. The number of nitrogens with two attached hydrogens (primary N) is 1. The fourth-order valence-electron chi connectivity index (χ4n) is 1.59. The summed E-state index contributed by atoms with van der Waals surface area (Å²) < 4.78 is 0. The largest absolute Gasteiger partial charge is 0.478 e. The summed E-state index contributed by atoms with van der Waals surface area (Å²) in [7, 11) is 0. The van der Waals surface area contributed by atoms with Gasteiger partial charge < -0.3 is 16.2 Å². The highest BCUT2D eigenvalue weighted by Gasteiger charge is 1.95. The van der Waals surface area contributed by atoms with Crippen molar-refractivity contribution in [2.75, 3.05) is 11.1 Å². The molecule has 0 unspecified atom stereocenters. The quantitative estimate of drug-likeness (QED) is 0.554. The molecule has 2 aromatic carbocycles.